The minimum atomic E-state index is -0.260. The molecule has 0 radical (unpaired) electrons. The van der Waals surface area contributed by atoms with Gasteiger partial charge in [0, 0.05) is 30.8 Å². The predicted octanol–water partition coefficient (Wildman–Crippen LogP) is 1.28. The van der Waals surface area contributed by atoms with E-state index >= 15 is 0 Å². The number of amides is 1. The first-order valence-corrected chi connectivity index (χ1v) is 8.45. The highest BCUT2D eigenvalue weighted by atomic mass is 16.5. The summed E-state index contributed by atoms with van der Waals surface area (Å²) in [4.78, 5) is 12.3. The van der Waals surface area contributed by atoms with Gasteiger partial charge in [0.05, 0.1) is 24.6 Å². The maximum absolute atomic E-state index is 12.3. The first-order valence-electron chi connectivity index (χ1n) is 8.45. The number of hydrogen-bond donors (Lipinski definition) is 2. The normalized spacial score (nSPS) is 21.0. The van der Waals surface area contributed by atoms with E-state index in [1.165, 1.54) is 0 Å². The van der Waals surface area contributed by atoms with E-state index in [0.717, 1.165) is 18.4 Å². The first kappa shape index (κ1) is 16.4. The number of nitrogens with one attached hydrogen (secondary N) is 1. The minimum Gasteiger partial charge on any atom is -0.390 e. The topological polar surface area (TPSA) is 106 Å². The van der Waals surface area contributed by atoms with Crippen LogP contribution in [0.3, 0.4) is 0 Å². The van der Waals surface area contributed by atoms with Gasteiger partial charge in [-0.25, -0.2) is 4.68 Å². The molecule has 26 heavy (non-hydrogen) atoms. The van der Waals surface area contributed by atoms with E-state index in [1.54, 1.807) is 29.1 Å². The van der Waals surface area contributed by atoms with Gasteiger partial charge in [-0.3, -0.25) is 4.79 Å². The highest BCUT2D eigenvalue weighted by Crippen LogP contribution is 2.29. The second kappa shape index (κ2) is 7.03. The second-order valence-electron chi connectivity index (χ2n) is 6.44. The lowest BCUT2D eigenvalue weighted by Crippen LogP contribution is -2.45. The van der Waals surface area contributed by atoms with Gasteiger partial charge in [0.15, 0.2) is 5.69 Å². The lowest BCUT2D eigenvalue weighted by atomic mass is 9.80. The molecule has 2 aliphatic rings. The van der Waals surface area contributed by atoms with Crippen LogP contribution < -0.4 is 5.32 Å². The molecule has 8 heteroatoms. The largest absolute Gasteiger partial charge is 0.390 e. The highest BCUT2D eigenvalue weighted by Gasteiger charge is 2.32. The molecule has 0 bridgehead atoms. The maximum atomic E-state index is 12.3. The van der Waals surface area contributed by atoms with Crippen molar-refractivity contribution in [3.63, 3.8) is 0 Å². The van der Waals surface area contributed by atoms with Gasteiger partial charge in [0.2, 0.25) is 5.76 Å². The fourth-order valence-corrected chi connectivity index (χ4v) is 3.13. The Labute approximate surface area is 149 Å². The van der Waals surface area contributed by atoms with E-state index < -0.39 is 0 Å². The van der Waals surface area contributed by atoms with Crippen LogP contribution in [0.25, 0.3) is 5.57 Å². The fourth-order valence-electron chi connectivity index (χ4n) is 3.13. The average molecular weight is 352 g/mol. The molecule has 4 rings (SSSR count). The molecule has 0 aliphatic heterocycles. The third-order valence-corrected chi connectivity index (χ3v) is 4.60. The number of hydrogen-bond acceptors (Lipinski definition) is 6. The van der Waals surface area contributed by atoms with Crippen molar-refractivity contribution in [3.8, 4) is 0 Å². The Balaban J connectivity index is 1.29. The number of allylic oxidation sites excluding steroid dienone is 6. The zero-order chi connectivity index (χ0) is 17.9. The Hall–Kier alpha value is -3.09. The lowest BCUT2D eigenvalue weighted by Gasteiger charge is -2.35. The molecule has 1 saturated carbocycles. The molecule has 2 N–H and O–H groups in total. The number of aliphatic hydroxyl groups is 1. The summed E-state index contributed by atoms with van der Waals surface area (Å²) in [5.41, 5.74) is 2.16. The molecule has 0 atom stereocenters. The number of carbonyl (C=O) groups excluding carboxylic acids is 1. The second-order valence-corrected chi connectivity index (χ2v) is 6.44. The molecule has 132 valence electrons. The molecule has 2 aromatic heterocycles. The average Bonchev–Trinajstić information content (AvgIpc) is 3.30. The quantitative estimate of drug-likeness (QED) is 0.759. The van der Waals surface area contributed by atoms with Gasteiger partial charge in [0.1, 0.15) is 17.7 Å². The molecule has 0 saturated heterocycles. The Morgan fingerprint density at radius 2 is 2.35 bits per heavy atom. The van der Waals surface area contributed by atoms with E-state index in [-0.39, 0.29) is 24.3 Å². The predicted molar refractivity (Wildman–Crippen MR) is 91.4 cm³/mol. The van der Waals surface area contributed by atoms with Crippen LogP contribution in [-0.2, 0) is 13.2 Å². The monoisotopic (exact) mass is 352 g/mol. The van der Waals surface area contributed by atoms with Gasteiger partial charge in [0.25, 0.3) is 5.91 Å². The maximum Gasteiger partial charge on any atom is 0.290 e. The Morgan fingerprint density at radius 1 is 1.46 bits per heavy atom. The van der Waals surface area contributed by atoms with Gasteiger partial charge in [-0.05, 0) is 18.8 Å². The van der Waals surface area contributed by atoms with Crippen LogP contribution >= 0.6 is 0 Å². The lowest BCUT2D eigenvalue weighted by molar-refractivity contribution is 0.0841. The Morgan fingerprint density at radius 3 is 3.12 bits per heavy atom. The third kappa shape index (κ3) is 3.33. The molecule has 1 fully saturated rings. The third-order valence-electron chi connectivity index (χ3n) is 4.60. The summed E-state index contributed by atoms with van der Waals surface area (Å²) in [5.74, 6) is 0.340. The van der Waals surface area contributed by atoms with Gasteiger partial charge >= 0.3 is 0 Å². The van der Waals surface area contributed by atoms with Crippen LogP contribution in [-0.4, -0.2) is 37.2 Å². The van der Waals surface area contributed by atoms with Crippen LogP contribution in [0.1, 0.15) is 34.8 Å². The van der Waals surface area contributed by atoms with Crippen molar-refractivity contribution in [1.29, 1.82) is 0 Å². The van der Waals surface area contributed by atoms with Crippen molar-refractivity contribution in [2.24, 2.45) is 5.92 Å². The van der Waals surface area contributed by atoms with E-state index in [1.807, 2.05) is 12.2 Å². The van der Waals surface area contributed by atoms with Crippen molar-refractivity contribution >= 4 is 11.5 Å². The summed E-state index contributed by atoms with van der Waals surface area (Å²) < 4.78 is 6.88. The van der Waals surface area contributed by atoms with E-state index in [0.29, 0.717) is 23.9 Å². The molecule has 0 aromatic carbocycles. The summed E-state index contributed by atoms with van der Waals surface area (Å²) in [5, 5.41) is 23.9. The van der Waals surface area contributed by atoms with Crippen LogP contribution in [0.5, 0.6) is 0 Å². The van der Waals surface area contributed by atoms with Crippen LogP contribution in [0.4, 0.5) is 0 Å². The number of rotatable bonds is 6. The number of aromatic nitrogens is 4. The van der Waals surface area contributed by atoms with Crippen molar-refractivity contribution < 1.29 is 14.4 Å². The summed E-state index contributed by atoms with van der Waals surface area (Å²) >= 11 is 0. The molecule has 0 spiro atoms. The summed E-state index contributed by atoms with van der Waals surface area (Å²) in [6, 6.07) is 1.74. The van der Waals surface area contributed by atoms with E-state index in [2.05, 4.69) is 26.9 Å². The van der Waals surface area contributed by atoms with Gasteiger partial charge < -0.3 is 14.9 Å². The minimum absolute atomic E-state index is 0.0765. The van der Waals surface area contributed by atoms with Crippen molar-refractivity contribution in [2.45, 2.75) is 32.0 Å². The van der Waals surface area contributed by atoms with E-state index in [4.69, 9.17) is 4.52 Å². The number of nitrogens with zero attached hydrogens (tertiary/aromatic N) is 4. The Kier molecular flexibility index (Phi) is 4.43. The fraction of sp³-hybridized carbons (Fsp3) is 0.333. The van der Waals surface area contributed by atoms with Crippen LogP contribution in [0, 0.1) is 12.0 Å². The zero-order valence-corrected chi connectivity index (χ0v) is 14.0. The van der Waals surface area contributed by atoms with Gasteiger partial charge in [-0.15, -0.1) is 5.10 Å². The van der Waals surface area contributed by atoms with Gasteiger partial charge in [-0.1, -0.05) is 10.4 Å². The number of carbonyl (C=O) groups is 1. The molecule has 2 aromatic rings. The van der Waals surface area contributed by atoms with Crippen LogP contribution in [0.2, 0.25) is 0 Å². The molecular formula is C18H18N5O3+. The van der Waals surface area contributed by atoms with E-state index in [9.17, 15) is 9.90 Å². The number of aliphatic hydroxyl groups excluding tert-OH is 1. The van der Waals surface area contributed by atoms with Crippen LogP contribution in [0.15, 0.2) is 41.1 Å². The standard InChI is InChI=1S/C18H17N5O3/c24-11-15-9-19-22-23(15)10-12-6-14(7-12)20-18(25)17-8-16(21-26-17)13-4-2-1-3-5-13/h1-2,4-5,8-9,12,14,24H,6-7,10-11H2/p+1. The highest BCUT2D eigenvalue weighted by molar-refractivity contribution is 5.92. The summed E-state index contributed by atoms with van der Waals surface area (Å²) in [6.07, 6.45) is 13.6. The van der Waals surface area contributed by atoms with Crippen molar-refractivity contribution in [2.75, 3.05) is 0 Å². The van der Waals surface area contributed by atoms with Gasteiger partial charge in [-0.2, -0.15) is 0 Å². The molecule has 2 heterocycles. The molecule has 2 aliphatic carbocycles. The van der Waals surface area contributed by atoms with Crippen molar-refractivity contribution in [3.05, 3.63) is 59.8 Å². The SMILES string of the molecule is O=C(NC1CC(Cn2nncc2CO)C1)c1cc(C2=CC=C[C+]=C2)no1. The smallest absolute Gasteiger partial charge is 0.290 e. The zero-order valence-electron chi connectivity index (χ0n) is 14.0. The first-order chi connectivity index (χ1) is 12.7. The molecular weight excluding hydrogens is 334 g/mol. The van der Waals surface area contributed by atoms with Crippen molar-refractivity contribution in [1.82, 2.24) is 25.5 Å². The molecule has 0 unspecified atom stereocenters. The summed E-state index contributed by atoms with van der Waals surface area (Å²) in [7, 11) is 0. The molecule has 1 amide bonds. The summed E-state index contributed by atoms with van der Waals surface area (Å²) in [6.45, 7) is 0.617. The molecule has 8 nitrogen and oxygen atoms in total. The Bertz CT molecular complexity index is 886.